The second kappa shape index (κ2) is 10.6. The van der Waals surface area contributed by atoms with Gasteiger partial charge in [-0.15, -0.1) is 0 Å². The molecular weight excluding hydrogens is 580 g/mol. The second-order valence-corrected chi connectivity index (χ2v) is 11.1. The Morgan fingerprint density at radius 2 is 1.78 bits per heavy atom. The zero-order valence-electron chi connectivity index (χ0n) is 21.5. The first-order chi connectivity index (χ1) is 19.6. The number of aromatic nitrogens is 3. The Bertz CT molecular complexity index is 1660. The number of anilines is 1. The van der Waals surface area contributed by atoms with Gasteiger partial charge in [0.1, 0.15) is 17.1 Å². The average molecular weight is 603 g/mol. The molecule has 2 fully saturated rings. The van der Waals surface area contributed by atoms with Crippen molar-refractivity contribution < 1.29 is 27.6 Å². The van der Waals surface area contributed by atoms with Crippen molar-refractivity contribution in [1.29, 1.82) is 0 Å². The van der Waals surface area contributed by atoms with Gasteiger partial charge in [-0.25, -0.2) is 9.78 Å². The van der Waals surface area contributed by atoms with Crippen LogP contribution in [0.25, 0.3) is 28.2 Å². The number of pyridine rings is 2. The first-order valence-corrected chi connectivity index (χ1v) is 13.8. The van der Waals surface area contributed by atoms with Crippen LogP contribution >= 0.6 is 23.2 Å². The number of carboxylic acid groups (broad SMARTS) is 1. The molecule has 1 N–H and O–H groups in total. The van der Waals surface area contributed by atoms with Crippen molar-refractivity contribution in [2.75, 3.05) is 18.0 Å². The predicted molar refractivity (Wildman–Crippen MR) is 149 cm³/mol. The number of allylic oxidation sites excluding steroid dienone is 1. The standard InChI is InChI=1S/C29H23Cl2F3N4O3/c30-21-13-35-14-22(31)25(21)26-18(27(41-37-26)16-2-3-16)5-1-15-7-9-38(10-8-15)17-4-6-23-19(11-17)20(29(32,33)34)12-24(36-23)28(39)40/h1,4-6,11-16H,2-3,7-10H2,(H,39,40)/b5-1+. The number of nitrogens with zero attached hydrogens (tertiary/aromatic N) is 4. The highest BCUT2D eigenvalue weighted by molar-refractivity contribution is 6.39. The first-order valence-electron chi connectivity index (χ1n) is 13.1. The molecule has 0 atom stereocenters. The molecule has 212 valence electrons. The van der Waals surface area contributed by atoms with E-state index in [4.69, 9.17) is 27.7 Å². The monoisotopic (exact) mass is 602 g/mol. The van der Waals surface area contributed by atoms with Crippen LogP contribution in [0.2, 0.25) is 10.0 Å². The number of hydrogen-bond donors (Lipinski definition) is 1. The molecule has 2 aliphatic rings. The Morgan fingerprint density at radius 3 is 2.41 bits per heavy atom. The number of aromatic carboxylic acids is 1. The van der Waals surface area contributed by atoms with Crippen molar-refractivity contribution in [1.82, 2.24) is 15.1 Å². The minimum Gasteiger partial charge on any atom is -0.477 e. The van der Waals surface area contributed by atoms with E-state index in [0.29, 0.717) is 52.1 Å². The number of halogens is 5. The highest BCUT2D eigenvalue weighted by atomic mass is 35.5. The van der Waals surface area contributed by atoms with Crippen molar-refractivity contribution in [3.05, 3.63) is 75.4 Å². The van der Waals surface area contributed by atoms with Gasteiger partial charge in [-0.05, 0) is 55.9 Å². The van der Waals surface area contributed by atoms with Crippen LogP contribution in [0.5, 0.6) is 0 Å². The summed E-state index contributed by atoms with van der Waals surface area (Å²) in [4.78, 5) is 21.3. The average Bonchev–Trinajstić information content (AvgIpc) is 3.70. The molecule has 41 heavy (non-hydrogen) atoms. The summed E-state index contributed by atoms with van der Waals surface area (Å²) in [5, 5.41) is 14.1. The molecule has 0 amide bonds. The minimum atomic E-state index is -4.72. The summed E-state index contributed by atoms with van der Waals surface area (Å²) in [7, 11) is 0. The molecule has 4 aromatic rings. The van der Waals surface area contributed by atoms with E-state index in [2.05, 4.69) is 21.2 Å². The van der Waals surface area contributed by atoms with Gasteiger partial charge < -0.3 is 14.5 Å². The first kappa shape index (κ1) is 27.5. The highest BCUT2D eigenvalue weighted by Gasteiger charge is 2.35. The molecule has 1 saturated carbocycles. The van der Waals surface area contributed by atoms with Gasteiger partial charge in [-0.2, -0.15) is 13.2 Å². The van der Waals surface area contributed by atoms with E-state index in [1.807, 2.05) is 11.0 Å². The van der Waals surface area contributed by atoms with Gasteiger partial charge in [0, 0.05) is 53.6 Å². The summed E-state index contributed by atoms with van der Waals surface area (Å²) in [5.74, 6) is -0.150. The summed E-state index contributed by atoms with van der Waals surface area (Å²) in [5.41, 5.74) is 0.984. The van der Waals surface area contributed by atoms with Crippen molar-refractivity contribution in [2.24, 2.45) is 5.92 Å². The number of carbonyl (C=O) groups is 1. The van der Waals surface area contributed by atoms with E-state index in [1.54, 1.807) is 6.07 Å². The molecule has 0 unspecified atom stereocenters. The third-order valence-electron chi connectivity index (χ3n) is 7.55. The summed E-state index contributed by atoms with van der Waals surface area (Å²) in [6.07, 6.45) is 6.09. The predicted octanol–water partition coefficient (Wildman–Crippen LogP) is 8.12. The molecule has 0 spiro atoms. The Balaban J connectivity index is 1.22. The SMILES string of the molecule is O=C(O)c1cc(C(F)(F)F)c2cc(N3CCC(/C=C/c4c(-c5c(Cl)cncc5Cl)noc4C4CC4)CC3)ccc2n1. The van der Waals surface area contributed by atoms with Crippen LogP contribution in [0.1, 0.15) is 59.0 Å². The van der Waals surface area contributed by atoms with Crippen LogP contribution in [-0.4, -0.2) is 39.3 Å². The van der Waals surface area contributed by atoms with Crippen molar-refractivity contribution >= 4 is 51.8 Å². The quantitative estimate of drug-likeness (QED) is 0.238. The molecule has 4 heterocycles. The molecule has 6 rings (SSSR count). The molecule has 1 aromatic carbocycles. The molecule has 0 radical (unpaired) electrons. The topological polar surface area (TPSA) is 92.3 Å². The Labute approximate surface area is 242 Å². The number of fused-ring (bicyclic) bond motifs is 1. The normalized spacial score (nSPS) is 16.7. The minimum absolute atomic E-state index is 0.0100. The van der Waals surface area contributed by atoms with Crippen LogP contribution in [0.3, 0.4) is 0 Å². The van der Waals surface area contributed by atoms with E-state index in [9.17, 15) is 23.1 Å². The number of benzene rings is 1. The smallest absolute Gasteiger partial charge is 0.417 e. The van der Waals surface area contributed by atoms with Crippen LogP contribution in [-0.2, 0) is 6.18 Å². The lowest BCUT2D eigenvalue weighted by molar-refractivity contribution is -0.136. The number of hydrogen-bond acceptors (Lipinski definition) is 6. The maximum Gasteiger partial charge on any atom is 0.417 e. The van der Waals surface area contributed by atoms with Gasteiger partial charge in [0.15, 0.2) is 0 Å². The Hall–Kier alpha value is -3.63. The van der Waals surface area contributed by atoms with Crippen LogP contribution in [0.4, 0.5) is 18.9 Å². The Morgan fingerprint density at radius 1 is 1.07 bits per heavy atom. The van der Waals surface area contributed by atoms with E-state index in [0.717, 1.165) is 37.0 Å². The van der Waals surface area contributed by atoms with Crippen molar-refractivity contribution in [3.63, 3.8) is 0 Å². The van der Waals surface area contributed by atoms with E-state index < -0.39 is 23.4 Å². The lowest BCUT2D eigenvalue weighted by Crippen LogP contribution is -2.33. The van der Waals surface area contributed by atoms with E-state index in [1.165, 1.54) is 24.5 Å². The van der Waals surface area contributed by atoms with Crippen molar-refractivity contribution in [3.8, 4) is 11.3 Å². The third-order valence-corrected chi connectivity index (χ3v) is 8.12. The second-order valence-electron chi connectivity index (χ2n) is 10.3. The fraction of sp³-hybridized carbons (Fsp3) is 0.310. The summed E-state index contributed by atoms with van der Waals surface area (Å²) in [6.45, 7) is 1.27. The largest absolute Gasteiger partial charge is 0.477 e. The molecule has 1 aliphatic carbocycles. The van der Waals surface area contributed by atoms with Crippen molar-refractivity contribution in [2.45, 2.75) is 37.8 Å². The van der Waals surface area contributed by atoms with Gasteiger partial charge >= 0.3 is 12.1 Å². The van der Waals surface area contributed by atoms with E-state index >= 15 is 0 Å². The fourth-order valence-electron chi connectivity index (χ4n) is 5.27. The van der Waals surface area contributed by atoms with E-state index in [-0.39, 0.29) is 16.8 Å². The molecular formula is C29H23Cl2F3N4O3. The third kappa shape index (κ3) is 5.50. The lowest BCUT2D eigenvalue weighted by atomic mass is 9.94. The van der Waals surface area contributed by atoms with Crippen LogP contribution in [0.15, 0.2) is 47.3 Å². The summed E-state index contributed by atoms with van der Waals surface area (Å²) < 4.78 is 47.1. The van der Waals surface area contributed by atoms with Gasteiger partial charge in [-0.3, -0.25) is 4.98 Å². The number of alkyl halides is 3. The number of piperidine rings is 1. The number of carboxylic acids is 1. The van der Waals surface area contributed by atoms with Gasteiger partial charge in [-0.1, -0.05) is 40.5 Å². The zero-order valence-corrected chi connectivity index (χ0v) is 23.0. The molecule has 7 nitrogen and oxygen atoms in total. The van der Waals surface area contributed by atoms with Gasteiger partial charge in [0.05, 0.1) is 21.1 Å². The van der Waals surface area contributed by atoms with Crippen LogP contribution < -0.4 is 4.90 Å². The Kier molecular flexibility index (Phi) is 7.15. The fourth-order valence-corrected chi connectivity index (χ4v) is 5.81. The molecule has 0 bridgehead atoms. The maximum absolute atomic E-state index is 13.8. The highest BCUT2D eigenvalue weighted by Crippen LogP contribution is 2.46. The van der Waals surface area contributed by atoms with Crippen LogP contribution in [0, 0.1) is 5.92 Å². The molecule has 1 saturated heterocycles. The maximum atomic E-state index is 13.8. The molecule has 1 aliphatic heterocycles. The summed E-state index contributed by atoms with van der Waals surface area (Å²) in [6, 6.07) is 5.17. The lowest BCUT2D eigenvalue weighted by Gasteiger charge is -2.32. The zero-order chi connectivity index (χ0) is 28.9. The summed E-state index contributed by atoms with van der Waals surface area (Å²) >= 11 is 12.8. The number of rotatable bonds is 6. The molecule has 3 aromatic heterocycles. The van der Waals surface area contributed by atoms with Gasteiger partial charge in [0.2, 0.25) is 0 Å². The van der Waals surface area contributed by atoms with Gasteiger partial charge in [0.25, 0.3) is 0 Å². The molecule has 12 heteroatoms.